The molecule has 0 radical (unpaired) electrons. The first-order valence-corrected chi connectivity index (χ1v) is 7.66. The van der Waals surface area contributed by atoms with E-state index in [9.17, 15) is 4.79 Å². The molecule has 5 nitrogen and oxygen atoms in total. The molecule has 2 aromatic carbocycles. The van der Waals surface area contributed by atoms with E-state index in [4.69, 9.17) is 5.73 Å². The van der Waals surface area contributed by atoms with Gasteiger partial charge in [-0.2, -0.15) is 0 Å². The number of nitrogens with zero attached hydrogens (tertiary/aromatic N) is 1. The zero-order chi connectivity index (χ0) is 16.3. The van der Waals surface area contributed by atoms with Crippen LogP contribution in [0.2, 0.25) is 0 Å². The van der Waals surface area contributed by atoms with Crippen LogP contribution in [-0.4, -0.2) is 31.5 Å². The summed E-state index contributed by atoms with van der Waals surface area (Å²) in [6.45, 7) is 1.67. The Labute approximate surface area is 136 Å². The molecule has 0 spiro atoms. The van der Waals surface area contributed by atoms with E-state index in [-0.39, 0.29) is 5.91 Å². The summed E-state index contributed by atoms with van der Waals surface area (Å²) in [7, 11) is 0. The number of guanidine groups is 1. The summed E-state index contributed by atoms with van der Waals surface area (Å²) in [5.41, 5.74) is 7.68. The van der Waals surface area contributed by atoms with E-state index in [1.165, 1.54) is 5.56 Å². The first-order chi connectivity index (χ1) is 11.3. The van der Waals surface area contributed by atoms with Gasteiger partial charge in [0.15, 0.2) is 5.96 Å². The van der Waals surface area contributed by atoms with Crippen molar-refractivity contribution in [3.05, 3.63) is 71.8 Å². The predicted octanol–water partition coefficient (Wildman–Crippen LogP) is 1.56. The lowest BCUT2D eigenvalue weighted by atomic mass is 10.2. The van der Waals surface area contributed by atoms with Gasteiger partial charge in [0.2, 0.25) is 0 Å². The van der Waals surface area contributed by atoms with E-state index in [1.807, 2.05) is 36.4 Å². The molecule has 23 heavy (non-hydrogen) atoms. The molecule has 0 atom stereocenters. The summed E-state index contributed by atoms with van der Waals surface area (Å²) in [6.07, 6.45) is 0.855. The van der Waals surface area contributed by atoms with Crippen molar-refractivity contribution in [3.8, 4) is 0 Å². The number of nitrogens with one attached hydrogen (secondary N) is 2. The smallest absolute Gasteiger partial charge is 0.251 e. The Hall–Kier alpha value is -2.82. The molecule has 0 aliphatic carbocycles. The molecule has 0 unspecified atom stereocenters. The maximum atomic E-state index is 11.8. The lowest BCUT2D eigenvalue weighted by Crippen LogP contribution is -2.38. The van der Waals surface area contributed by atoms with Crippen molar-refractivity contribution in [2.24, 2.45) is 10.7 Å². The monoisotopic (exact) mass is 310 g/mol. The van der Waals surface area contributed by atoms with E-state index in [1.54, 1.807) is 12.1 Å². The van der Waals surface area contributed by atoms with Gasteiger partial charge in [-0.1, -0.05) is 48.5 Å². The molecule has 0 bridgehead atoms. The van der Waals surface area contributed by atoms with Crippen LogP contribution in [-0.2, 0) is 6.42 Å². The van der Waals surface area contributed by atoms with Gasteiger partial charge < -0.3 is 16.4 Å². The summed E-state index contributed by atoms with van der Waals surface area (Å²) in [6, 6.07) is 19.3. The van der Waals surface area contributed by atoms with Gasteiger partial charge in [0.05, 0.1) is 0 Å². The van der Waals surface area contributed by atoms with Crippen LogP contribution in [0.5, 0.6) is 0 Å². The van der Waals surface area contributed by atoms with Crippen molar-refractivity contribution in [3.63, 3.8) is 0 Å². The third-order valence-electron chi connectivity index (χ3n) is 3.28. The van der Waals surface area contributed by atoms with Crippen LogP contribution in [0.3, 0.4) is 0 Å². The van der Waals surface area contributed by atoms with Crippen LogP contribution in [0.4, 0.5) is 0 Å². The molecule has 0 fully saturated rings. The number of benzene rings is 2. The second kappa shape index (κ2) is 9.25. The van der Waals surface area contributed by atoms with Gasteiger partial charge in [0, 0.05) is 25.2 Å². The molecule has 0 aromatic heterocycles. The number of hydrogen-bond donors (Lipinski definition) is 3. The average Bonchev–Trinajstić information content (AvgIpc) is 2.60. The number of rotatable bonds is 7. The summed E-state index contributed by atoms with van der Waals surface area (Å²) in [5, 5.41) is 5.81. The highest BCUT2D eigenvalue weighted by molar-refractivity contribution is 5.94. The minimum Gasteiger partial charge on any atom is -0.370 e. The second-order valence-corrected chi connectivity index (χ2v) is 5.05. The van der Waals surface area contributed by atoms with Crippen LogP contribution in [0.25, 0.3) is 0 Å². The summed E-state index contributed by atoms with van der Waals surface area (Å²) in [5.74, 6) is 0.307. The van der Waals surface area contributed by atoms with Crippen LogP contribution in [0.15, 0.2) is 65.7 Å². The first kappa shape index (κ1) is 16.5. The lowest BCUT2D eigenvalue weighted by Gasteiger charge is -2.07. The van der Waals surface area contributed by atoms with Gasteiger partial charge in [-0.25, -0.2) is 0 Å². The van der Waals surface area contributed by atoms with E-state index in [0.29, 0.717) is 31.2 Å². The number of carbonyl (C=O) groups is 1. The van der Waals surface area contributed by atoms with E-state index in [2.05, 4.69) is 27.8 Å². The number of hydrogen-bond acceptors (Lipinski definition) is 2. The molecule has 1 amide bonds. The Morgan fingerprint density at radius 1 is 0.913 bits per heavy atom. The van der Waals surface area contributed by atoms with E-state index in [0.717, 1.165) is 6.42 Å². The van der Waals surface area contributed by atoms with Crippen molar-refractivity contribution in [2.45, 2.75) is 6.42 Å². The zero-order valence-corrected chi connectivity index (χ0v) is 13.0. The average molecular weight is 310 g/mol. The molecule has 0 heterocycles. The molecular weight excluding hydrogens is 288 g/mol. The molecular formula is C18H22N4O. The number of aliphatic imine (C=N–C) groups is 1. The summed E-state index contributed by atoms with van der Waals surface area (Å²) in [4.78, 5) is 16.1. The summed E-state index contributed by atoms with van der Waals surface area (Å²) >= 11 is 0. The molecule has 0 aliphatic heterocycles. The standard InChI is InChI=1S/C18H22N4O/c19-18(21-12-11-15-7-3-1-4-8-15)22-14-13-20-17(23)16-9-5-2-6-10-16/h1-10H,11-14H2,(H,20,23)(H3,19,21,22). The van der Waals surface area contributed by atoms with Crippen molar-refractivity contribution in [2.75, 3.05) is 19.6 Å². The first-order valence-electron chi connectivity index (χ1n) is 7.66. The minimum atomic E-state index is -0.0908. The SMILES string of the molecule is NC(=NCCc1ccccc1)NCCNC(=O)c1ccccc1. The largest absolute Gasteiger partial charge is 0.370 e. The quantitative estimate of drug-likeness (QED) is 0.412. The van der Waals surface area contributed by atoms with Crippen molar-refractivity contribution < 1.29 is 4.79 Å². The Bertz CT molecular complexity index is 626. The Morgan fingerprint density at radius 2 is 1.52 bits per heavy atom. The zero-order valence-electron chi connectivity index (χ0n) is 13.0. The number of carbonyl (C=O) groups excluding carboxylic acids is 1. The van der Waals surface area contributed by atoms with E-state index >= 15 is 0 Å². The Morgan fingerprint density at radius 3 is 2.22 bits per heavy atom. The number of nitrogens with two attached hydrogens (primary N) is 1. The lowest BCUT2D eigenvalue weighted by molar-refractivity contribution is 0.0954. The van der Waals surface area contributed by atoms with Crippen molar-refractivity contribution in [1.29, 1.82) is 0 Å². The molecule has 0 aliphatic rings. The molecule has 2 rings (SSSR count). The van der Waals surface area contributed by atoms with Gasteiger partial charge in [-0.05, 0) is 24.1 Å². The third kappa shape index (κ3) is 6.22. The van der Waals surface area contributed by atoms with Crippen LogP contribution in [0.1, 0.15) is 15.9 Å². The van der Waals surface area contributed by atoms with Gasteiger partial charge in [0.1, 0.15) is 0 Å². The predicted molar refractivity (Wildman–Crippen MR) is 93.4 cm³/mol. The molecule has 2 aromatic rings. The topological polar surface area (TPSA) is 79.5 Å². The molecule has 0 saturated carbocycles. The van der Waals surface area contributed by atoms with Crippen molar-refractivity contribution in [1.82, 2.24) is 10.6 Å². The highest BCUT2D eigenvalue weighted by atomic mass is 16.1. The normalized spacial score (nSPS) is 11.0. The van der Waals surface area contributed by atoms with E-state index < -0.39 is 0 Å². The maximum absolute atomic E-state index is 11.8. The van der Waals surface area contributed by atoms with Gasteiger partial charge in [-0.3, -0.25) is 9.79 Å². The minimum absolute atomic E-state index is 0.0908. The van der Waals surface area contributed by atoms with Crippen LogP contribution >= 0.6 is 0 Å². The fourth-order valence-corrected chi connectivity index (χ4v) is 2.06. The highest BCUT2D eigenvalue weighted by Gasteiger charge is 2.02. The van der Waals surface area contributed by atoms with Crippen LogP contribution < -0.4 is 16.4 Å². The Kier molecular flexibility index (Phi) is 6.65. The Balaban J connectivity index is 1.62. The maximum Gasteiger partial charge on any atom is 0.251 e. The number of amides is 1. The van der Waals surface area contributed by atoms with Gasteiger partial charge in [0.25, 0.3) is 5.91 Å². The van der Waals surface area contributed by atoms with Crippen molar-refractivity contribution >= 4 is 11.9 Å². The second-order valence-electron chi connectivity index (χ2n) is 5.05. The molecule has 120 valence electrons. The van der Waals surface area contributed by atoms with Gasteiger partial charge in [-0.15, -0.1) is 0 Å². The summed E-state index contributed by atoms with van der Waals surface area (Å²) < 4.78 is 0. The van der Waals surface area contributed by atoms with Gasteiger partial charge >= 0.3 is 0 Å². The molecule has 0 saturated heterocycles. The highest BCUT2D eigenvalue weighted by Crippen LogP contribution is 1.99. The fourth-order valence-electron chi connectivity index (χ4n) is 2.06. The van der Waals surface area contributed by atoms with Crippen LogP contribution in [0, 0.1) is 0 Å². The molecule has 4 N–H and O–H groups in total. The third-order valence-corrected chi connectivity index (χ3v) is 3.28. The molecule has 5 heteroatoms. The fraction of sp³-hybridized carbons (Fsp3) is 0.222.